The maximum Gasteiger partial charge on any atom is 0.332 e. The van der Waals surface area contributed by atoms with Crippen LogP contribution >= 0.6 is 23.5 Å². The molecule has 6 nitrogen and oxygen atoms in total. The number of carbonyl (C=O) groups is 2. The minimum absolute atomic E-state index is 0.00535. The van der Waals surface area contributed by atoms with E-state index in [0.29, 0.717) is 40.7 Å². The molecule has 1 aliphatic heterocycles. The fraction of sp³-hybridized carbons (Fsp3) is 0.289. The van der Waals surface area contributed by atoms with Crippen molar-refractivity contribution in [2.24, 2.45) is 5.16 Å². The third-order valence-electron chi connectivity index (χ3n) is 8.63. The lowest BCUT2D eigenvalue weighted by Crippen LogP contribution is -2.20. The molecule has 0 N–H and O–H groups in total. The molecule has 1 aliphatic rings. The van der Waals surface area contributed by atoms with Gasteiger partial charge >= 0.3 is 5.97 Å². The molecule has 9 heteroatoms. The summed E-state index contributed by atoms with van der Waals surface area (Å²) in [5.41, 5.74) is 4.37. The highest BCUT2D eigenvalue weighted by molar-refractivity contribution is 8.22. The number of nitrogens with zero attached hydrogens (tertiary/aromatic N) is 2. The average molecular weight is 669 g/mol. The molecule has 6 rings (SSSR count). The minimum Gasteiger partial charge on any atom is -0.492 e. The number of benzene rings is 4. The monoisotopic (exact) mass is 668 g/mol. The number of rotatable bonds is 10. The summed E-state index contributed by atoms with van der Waals surface area (Å²) >= 11 is 3.89. The van der Waals surface area contributed by atoms with E-state index in [1.807, 2.05) is 84.2 Å². The van der Waals surface area contributed by atoms with Crippen molar-refractivity contribution in [2.45, 2.75) is 62.2 Å². The first-order valence-corrected chi connectivity index (χ1v) is 17.6. The lowest BCUT2D eigenvalue weighted by atomic mass is 9.98. The van der Waals surface area contributed by atoms with E-state index in [1.165, 1.54) is 19.1 Å². The van der Waals surface area contributed by atoms with Gasteiger partial charge in [-0.05, 0) is 62.7 Å². The summed E-state index contributed by atoms with van der Waals surface area (Å²) in [6.45, 7) is 11.2. The Bertz CT molecular complexity index is 2010. The van der Waals surface area contributed by atoms with E-state index >= 15 is 4.39 Å². The first-order chi connectivity index (χ1) is 22.6. The fourth-order valence-corrected chi connectivity index (χ4v) is 9.76. The Balaban J connectivity index is 1.31. The standard InChI is InChI=1S/C38H37FN2O4S2/c1-6-38(5)46-23(3)35(47-38)22-44-28-15-16-29(32(39)21-28)37(43)27-14-18-34-31(20-27)30-19-26(13-17-33(30)41(34)7-2)36(40-45-24(4)42)25-11-9-8-10-12-25/h8-21,23,35H,6-7,22H2,1-5H3/b40-36+. The molecule has 0 bridgehead atoms. The summed E-state index contributed by atoms with van der Waals surface area (Å²) in [5, 5.41) is 6.69. The van der Waals surface area contributed by atoms with Crippen LogP contribution in [-0.2, 0) is 16.2 Å². The summed E-state index contributed by atoms with van der Waals surface area (Å²) in [6.07, 6.45) is 1.07. The van der Waals surface area contributed by atoms with Crippen molar-refractivity contribution in [1.82, 2.24) is 4.57 Å². The van der Waals surface area contributed by atoms with Crippen molar-refractivity contribution in [3.8, 4) is 5.75 Å². The molecule has 1 aromatic heterocycles. The summed E-state index contributed by atoms with van der Waals surface area (Å²) in [7, 11) is 0. The van der Waals surface area contributed by atoms with E-state index in [1.54, 1.807) is 12.1 Å². The zero-order chi connectivity index (χ0) is 33.3. The highest BCUT2D eigenvalue weighted by Gasteiger charge is 2.40. The fourth-order valence-electron chi connectivity index (χ4n) is 6.06. The third kappa shape index (κ3) is 6.69. The predicted octanol–water partition coefficient (Wildman–Crippen LogP) is 9.24. The first kappa shape index (κ1) is 32.8. The van der Waals surface area contributed by atoms with Crippen LogP contribution in [0.25, 0.3) is 21.8 Å². The first-order valence-electron chi connectivity index (χ1n) is 15.8. The smallest absolute Gasteiger partial charge is 0.332 e. The summed E-state index contributed by atoms with van der Waals surface area (Å²) in [4.78, 5) is 30.4. The number of carbonyl (C=O) groups excluding carboxylic acids is 2. The summed E-state index contributed by atoms with van der Waals surface area (Å²) in [5.74, 6) is -1.11. The molecule has 4 aromatic carbocycles. The molecular weight excluding hydrogens is 632 g/mol. The van der Waals surface area contributed by atoms with E-state index in [9.17, 15) is 9.59 Å². The van der Waals surface area contributed by atoms with Crippen molar-refractivity contribution in [1.29, 1.82) is 0 Å². The van der Waals surface area contributed by atoms with Gasteiger partial charge in [0.05, 0.1) is 14.9 Å². The van der Waals surface area contributed by atoms with E-state index < -0.39 is 17.6 Å². The van der Waals surface area contributed by atoms with Gasteiger partial charge < -0.3 is 14.1 Å². The molecule has 3 atom stereocenters. The van der Waals surface area contributed by atoms with Gasteiger partial charge in [-0.15, -0.1) is 23.5 Å². The molecule has 1 saturated heterocycles. The molecule has 5 aromatic rings. The Morgan fingerprint density at radius 3 is 2.19 bits per heavy atom. The number of aryl methyl sites for hydroxylation is 1. The Morgan fingerprint density at radius 2 is 1.57 bits per heavy atom. The van der Waals surface area contributed by atoms with Gasteiger partial charge in [-0.25, -0.2) is 9.18 Å². The Labute approximate surface area is 282 Å². The van der Waals surface area contributed by atoms with Gasteiger partial charge in [-0.1, -0.05) is 55.4 Å². The number of ketones is 1. The Hall–Kier alpha value is -4.08. The molecular formula is C38H37FN2O4S2. The van der Waals surface area contributed by atoms with E-state index in [0.717, 1.165) is 39.4 Å². The lowest BCUT2D eigenvalue weighted by molar-refractivity contribution is -0.140. The number of thioether (sulfide) groups is 2. The Kier molecular flexibility index (Phi) is 9.48. The number of hydrogen-bond donors (Lipinski definition) is 0. The van der Waals surface area contributed by atoms with Crippen LogP contribution in [0.2, 0.25) is 0 Å². The highest BCUT2D eigenvalue weighted by atomic mass is 32.2. The lowest BCUT2D eigenvalue weighted by Gasteiger charge is -2.20. The van der Waals surface area contributed by atoms with Crippen LogP contribution < -0.4 is 4.74 Å². The second-order valence-electron chi connectivity index (χ2n) is 11.8. The molecule has 47 heavy (non-hydrogen) atoms. The molecule has 0 amide bonds. The van der Waals surface area contributed by atoms with Gasteiger partial charge in [-0.2, -0.15) is 0 Å². The number of oxime groups is 1. The van der Waals surface area contributed by atoms with Gasteiger partial charge in [0.2, 0.25) is 0 Å². The van der Waals surface area contributed by atoms with Crippen molar-refractivity contribution in [3.05, 3.63) is 113 Å². The van der Waals surface area contributed by atoms with E-state index in [2.05, 4.69) is 37.4 Å². The number of hydrogen-bond acceptors (Lipinski definition) is 7. The molecule has 0 radical (unpaired) electrons. The van der Waals surface area contributed by atoms with Gasteiger partial charge in [-0.3, -0.25) is 4.79 Å². The maximum atomic E-state index is 15.4. The largest absolute Gasteiger partial charge is 0.492 e. The van der Waals surface area contributed by atoms with Gasteiger partial charge in [0.1, 0.15) is 23.9 Å². The zero-order valence-electron chi connectivity index (χ0n) is 27.1. The van der Waals surface area contributed by atoms with Crippen LogP contribution in [0, 0.1) is 5.82 Å². The van der Waals surface area contributed by atoms with Crippen molar-refractivity contribution >= 4 is 62.8 Å². The number of ether oxygens (including phenoxy) is 1. The van der Waals surface area contributed by atoms with Crippen LogP contribution in [-0.4, -0.2) is 43.2 Å². The minimum atomic E-state index is -0.611. The molecule has 1 fully saturated rings. The topological polar surface area (TPSA) is 69.9 Å². The summed E-state index contributed by atoms with van der Waals surface area (Å²) in [6, 6.07) is 25.4. The van der Waals surface area contributed by atoms with Crippen molar-refractivity contribution in [2.75, 3.05) is 6.61 Å². The number of halogens is 1. The van der Waals surface area contributed by atoms with E-state index in [4.69, 9.17) is 9.57 Å². The normalized spacial score (nSPS) is 19.7. The quantitative estimate of drug-likeness (QED) is 0.0640. The molecule has 242 valence electrons. The maximum absolute atomic E-state index is 15.4. The zero-order valence-corrected chi connectivity index (χ0v) is 28.7. The number of aromatic nitrogens is 1. The van der Waals surface area contributed by atoms with Crippen LogP contribution in [0.15, 0.2) is 90.1 Å². The highest BCUT2D eigenvalue weighted by Crippen LogP contribution is 2.53. The Morgan fingerprint density at radius 1 is 0.894 bits per heavy atom. The van der Waals surface area contributed by atoms with Gasteiger partial charge in [0, 0.05) is 63.3 Å². The van der Waals surface area contributed by atoms with Gasteiger partial charge in [0.15, 0.2) is 5.78 Å². The molecule has 0 spiro atoms. The van der Waals surface area contributed by atoms with E-state index in [-0.39, 0.29) is 9.64 Å². The predicted molar refractivity (Wildman–Crippen MR) is 191 cm³/mol. The average Bonchev–Trinajstić information content (AvgIpc) is 3.55. The summed E-state index contributed by atoms with van der Waals surface area (Å²) < 4.78 is 23.8. The second-order valence-corrected chi connectivity index (χ2v) is 15.7. The molecule has 2 heterocycles. The van der Waals surface area contributed by atoms with Crippen molar-refractivity contribution in [3.63, 3.8) is 0 Å². The molecule has 3 unspecified atom stereocenters. The number of fused-ring (bicyclic) bond motifs is 3. The second kappa shape index (κ2) is 13.6. The van der Waals surface area contributed by atoms with Crippen LogP contribution in [0.4, 0.5) is 4.39 Å². The molecule has 0 saturated carbocycles. The molecule has 0 aliphatic carbocycles. The SMILES string of the molecule is CCn1c2ccc(C(=O)c3ccc(OCC4SC(C)(CC)SC4C)cc3F)cc2c2cc(/C(=N/OC(C)=O)c3ccccc3)ccc21. The van der Waals surface area contributed by atoms with Gasteiger partial charge in [0.25, 0.3) is 0 Å². The third-order valence-corrected chi connectivity index (χ3v) is 12.5. The van der Waals surface area contributed by atoms with Crippen LogP contribution in [0.1, 0.15) is 68.1 Å². The van der Waals surface area contributed by atoms with Crippen molar-refractivity contribution < 1.29 is 23.6 Å². The van der Waals surface area contributed by atoms with Crippen LogP contribution in [0.3, 0.4) is 0 Å². The van der Waals surface area contributed by atoms with Crippen LogP contribution in [0.5, 0.6) is 5.75 Å².